The summed E-state index contributed by atoms with van der Waals surface area (Å²) in [5.41, 5.74) is 4.44. The van der Waals surface area contributed by atoms with Crippen LogP contribution in [0.15, 0.2) is 54.7 Å². The summed E-state index contributed by atoms with van der Waals surface area (Å²) >= 11 is 0. The summed E-state index contributed by atoms with van der Waals surface area (Å²) in [5, 5.41) is 8.61. The lowest BCUT2D eigenvalue weighted by atomic mass is 10.1. The number of amides is 1. The maximum Gasteiger partial charge on any atom is 0.228 e. The number of aromatic nitrogens is 4. The Morgan fingerprint density at radius 2 is 1.77 bits per heavy atom. The number of ether oxygens (including phenoxy) is 2. The highest BCUT2D eigenvalue weighted by atomic mass is 16.5. The Labute approximate surface area is 233 Å². The zero-order valence-electron chi connectivity index (χ0n) is 23.0. The summed E-state index contributed by atoms with van der Waals surface area (Å²) in [4.78, 5) is 26.9. The van der Waals surface area contributed by atoms with Crippen molar-refractivity contribution in [1.29, 1.82) is 0 Å². The van der Waals surface area contributed by atoms with Crippen molar-refractivity contribution in [2.24, 2.45) is 0 Å². The maximum absolute atomic E-state index is 12.7. The lowest BCUT2D eigenvalue weighted by molar-refractivity contribution is -0.115. The minimum atomic E-state index is -0.122. The van der Waals surface area contributed by atoms with E-state index in [-0.39, 0.29) is 12.1 Å². The van der Waals surface area contributed by atoms with Crippen molar-refractivity contribution in [3.8, 4) is 11.4 Å². The van der Waals surface area contributed by atoms with Gasteiger partial charge in [-0.2, -0.15) is 5.10 Å². The third kappa shape index (κ3) is 5.64. The smallest absolute Gasteiger partial charge is 0.228 e. The van der Waals surface area contributed by atoms with Gasteiger partial charge in [-0.3, -0.25) is 4.79 Å². The minimum absolute atomic E-state index is 0.0611. The molecular formula is C30H35N7O3. The van der Waals surface area contributed by atoms with Crippen molar-refractivity contribution >= 4 is 34.1 Å². The number of carbonyl (C=O) groups is 1. The molecule has 2 saturated heterocycles. The van der Waals surface area contributed by atoms with Crippen molar-refractivity contribution in [3.63, 3.8) is 0 Å². The summed E-state index contributed by atoms with van der Waals surface area (Å²) in [6, 6.07) is 15.7. The van der Waals surface area contributed by atoms with Crippen LogP contribution in [0.2, 0.25) is 0 Å². The van der Waals surface area contributed by atoms with E-state index in [4.69, 9.17) is 19.4 Å². The monoisotopic (exact) mass is 541 g/mol. The van der Waals surface area contributed by atoms with Gasteiger partial charge in [-0.1, -0.05) is 12.1 Å². The van der Waals surface area contributed by atoms with Gasteiger partial charge in [0, 0.05) is 50.7 Å². The Morgan fingerprint density at radius 3 is 2.48 bits per heavy atom. The molecule has 6 rings (SSSR count). The first kappa shape index (κ1) is 26.2. The van der Waals surface area contributed by atoms with Crippen LogP contribution < -0.4 is 15.1 Å². The van der Waals surface area contributed by atoms with E-state index in [1.54, 1.807) is 0 Å². The van der Waals surface area contributed by atoms with Crippen LogP contribution in [0.3, 0.4) is 0 Å². The van der Waals surface area contributed by atoms with Crippen LogP contribution in [-0.4, -0.2) is 72.7 Å². The van der Waals surface area contributed by atoms with Crippen molar-refractivity contribution in [1.82, 2.24) is 19.7 Å². The first-order valence-electron chi connectivity index (χ1n) is 13.9. The van der Waals surface area contributed by atoms with E-state index in [0.717, 1.165) is 78.3 Å². The number of hydrogen-bond acceptors (Lipinski definition) is 8. The fourth-order valence-electron chi connectivity index (χ4n) is 5.19. The van der Waals surface area contributed by atoms with Gasteiger partial charge >= 0.3 is 0 Å². The van der Waals surface area contributed by atoms with Gasteiger partial charge in [0.1, 0.15) is 5.82 Å². The summed E-state index contributed by atoms with van der Waals surface area (Å²) in [6.45, 7) is 3.58. The maximum atomic E-state index is 12.7. The number of benzene rings is 2. The van der Waals surface area contributed by atoms with Crippen LogP contribution in [0.4, 0.5) is 17.2 Å². The van der Waals surface area contributed by atoms with E-state index in [1.165, 1.54) is 0 Å². The molecule has 1 N–H and O–H groups in total. The van der Waals surface area contributed by atoms with Crippen LogP contribution in [0.1, 0.15) is 31.1 Å². The molecule has 2 aliphatic heterocycles. The molecule has 40 heavy (non-hydrogen) atoms. The first-order chi connectivity index (χ1) is 19.5. The Balaban J connectivity index is 1.24. The topological polar surface area (TPSA) is 97.6 Å². The van der Waals surface area contributed by atoms with Gasteiger partial charge in [0.2, 0.25) is 5.91 Å². The quantitative estimate of drug-likeness (QED) is 0.370. The molecule has 0 saturated carbocycles. The second-order valence-electron chi connectivity index (χ2n) is 10.5. The fourth-order valence-corrected chi connectivity index (χ4v) is 5.19. The molecule has 4 heterocycles. The second-order valence-corrected chi connectivity index (χ2v) is 10.5. The summed E-state index contributed by atoms with van der Waals surface area (Å²) < 4.78 is 13.5. The molecule has 10 nitrogen and oxygen atoms in total. The zero-order chi connectivity index (χ0) is 27.5. The number of anilines is 3. The molecule has 2 aromatic heterocycles. The molecule has 2 fully saturated rings. The number of carbonyl (C=O) groups excluding carboxylic acids is 1. The van der Waals surface area contributed by atoms with E-state index in [0.29, 0.717) is 25.5 Å². The molecule has 2 aliphatic rings. The Morgan fingerprint density at radius 1 is 1.00 bits per heavy atom. The number of rotatable bonds is 7. The van der Waals surface area contributed by atoms with Gasteiger partial charge in [-0.25, -0.2) is 14.6 Å². The highest BCUT2D eigenvalue weighted by Crippen LogP contribution is 2.32. The molecule has 4 aromatic rings. The largest absolute Gasteiger partial charge is 0.378 e. The lowest BCUT2D eigenvalue weighted by Crippen LogP contribution is -2.37. The Hall–Kier alpha value is -4.02. The van der Waals surface area contributed by atoms with Crippen molar-refractivity contribution in [2.45, 2.75) is 31.9 Å². The molecular weight excluding hydrogens is 506 g/mol. The molecule has 10 heteroatoms. The molecule has 1 unspecified atom stereocenters. The van der Waals surface area contributed by atoms with Crippen LogP contribution in [0.5, 0.6) is 0 Å². The van der Waals surface area contributed by atoms with Gasteiger partial charge in [0.15, 0.2) is 17.7 Å². The predicted molar refractivity (Wildman–Crippen MR) is 156 cm³/mol. The van der Waals surface area contributed by atoms with Crippen molar-refractivity contribution in [3.05, 3.63) is 60.3 Å². The van der Waals surface area contributed by atoms with Crippen molar-refractivity contribution in [2.75, 3.05) is 62.1 Å². The Bertz CT molecular complexity index is 1460. The van der Waals surface area contributed by atoms with Crippen LogP contribution >= 0.6 is 0 Å². The van der Waals surface area contributed by atoms with Gasteiger partial charge in [-0.05, 0) is 61.2 Å². The zero-order valence-corrected chi connectivity index (χ0v) is 23.0. The summed E-state index contributed by atoms with van der Waals surface area (Å²) in [5.74, 6) is 1.42. The van der Waals surface area contributed by atoms with Crippen LogP contribution in [0.25, 0.3) is 22.4 Å². The van der Waals surface area contributed by atoms with Gasteiger partial charge in [0.25, 0.3) is 0 Å². The van der Waals surface area contributed by atoms with E-state index >= 15 is 0 Å². The number of nitrogens with zero attached hydrogens (tertiary/aromatic N) is 6. The molecule has 1 atom stereocenters. The highest BCUT2D eigenvalue weighted by molar-refractivity contribution is 5.93. The van der Waals surface area contributed by atoms with E-state index in [2.05, 4.69) is 15.3 Å². The molecule has 1 amide bonds. The summed E-state index contributed by atoms with van der Waals surface area (Å²) in [6.07, 6.45) is 5.13. The average Bonchev–Trinajstić information content (AvgIpc) is 3.42. The number of nitrogens with one attached hydrogen (secondary N) is 1. The van der Waals surface area contributed by atoms with Gasteiger partial charge < -0.3 is 24.6 Å². The number of morpholine rings is 1. The normalized spacial score (nSPS) is 17.6. The molecule has 0 aliphatic carbocycles. The molecule has 2 aromatic carbocycles. The standard InChI is InChI=1S/C30H35N7O3/c1-35(2)24-12-6-21(7-13-24)19-26(38)32-23-10-8-22(9-11-23)28-33-29(36-14-17-39-18-15-36)25-20-31-37(30(25)34-28)27-5-3-4-16-40-27/h6-13,20,27H,3-5,14-19H2,1-2H3,(H,32,38). The second kappa shape index (κ2) is 11.6. The fraction of sp³-hybridized carbons (Fsp3) is 0.400. The highest BCUT2D eigenvalue weighted by Gasteiger charge is 2.24. The minimum Gasteiger partial charge on any atom is -0.378 e. The number of hydrogen-bond donors (Lipinski definition) is 1. The molecule has 208 valence electrons. The van der Waals surface area contributed by atoms with Crippen LogP contribution in [0, 0.1) is 0 Å². The predicted octanol–water partition coefficient (Wildman–Crippen LogP) is 4.28. The van der Waals surface area contributed by atoms with Gasteiger partial charge in [0.05, 0.1) is 31.2 Å². The number of fused-ring (bicyclic) bond motifs is 1. The van der Waals surface area contributed by atoms with E-state index < -0.39 is 0 Å². The van der Waals surface area contributed by atoms with Crippen molar-refractivity contribution < 1.29 is 14.3 Å². The lowest BCUT2D eigenvalue weighted by Gasteiger charge is -2.28. The van der Waals surface area contributed by atoms with Gasteiger partial charge in [-0.15, -0.1) is 0 Å². The first-order valence-corrected chi connectivity index (χ1v) is 13.9. The van der Waals surface area contributed by atoms with E-state index in [9.17, 15) is 4.79 Å². The SMILES string of the molecule is CN(C)c1ccc(CC(=O)Nc2ccc(-c3nc(N4CCOCC4)c4cnn(C5CCCCO5)c4n3)cc2)cc1. The average molecular weight is 542 g/mol. The Kier molecular flexibility index (Phi) is 7.61. The van der Waals surface area contributed by atoms with Crippen LogP contribution in [-0.2, 0) is 20.7 Å². The third-order valence-electron chi connectivity index (χ3n) is 7.42. The van der Waals surface area contributed by atoms with E-state index in [1.807, 2.05) is 78.4 Å². The summed E-state index contributed by atoms with van der Waals surface area (Å²) in [7, 11) is 4.00. The molecule has 0 bridgehead atoms. The third-order valence-corrected chi connectivity index (χ3v) is 7.42. The molecule has 0 spiro atoms. The molecule has 0 radical (unpaired) electrons.